The number of rotatable bonds is 7. The van der Waals surface area contributed by atoms with Gasteiger partial charge in [0, 0.05) is 36.0 Å². The third-order valence-corrected chi connectivity index (χ3v) is 6.07. The number of phenolic OH excluding ortho intramolecular Hbond substituents is 1. The summed E-state index contributed by atoms with van der Waals surface area (Å²) in [7, 11) is 1.53. The van der Waals surface area contributed by atoms with Gasteiger partial charge in [0.25, 0.3) is 5.91 Å². The van der Waals surface area contributed by atoms with E-state index in [1.165, 1.54) is 7.11 Å². The number of ether oxygens (including phenoxy) is 3. The van der Waals surface area contributed by atoms with Crippen molar-refractivity contribution in [2.24, 2.45) is 0 Å². The predicted molar refractivity (Wildman–Crippen MR) is 132 cm³/mol. The fourth-order valence-corrected chi connectivity index (χ4v) is 4.21. The maximum atomic E-state index is 12.6. The molecule has 1 atom stereocenters. The molecular formula is C26H26N4O6. The van der Waals surface area contributed by atoms with E-state index in [0.717, 1.165) is 5.69 Å². The molecule has 3 N–H and O–H groups in total. The van der Waals surface area contributed by atoms with E-state index in [4.69, 9.17) is 14.2 Å². The number of aromatic nitrogens is 1. The van der Waals surface area contributed by atoms with Gasteiger partial charge in [0.05, 0.1) is 31.0 Å². The average Bonchev–Trinajstić information content (AvgIpc) is 3.36. The highest BCUT2D eigenvalue weighted by atomic mass is 16.5. The van der Waals surface area contributed by atoms with Gasteiger partial charge in [-0.1, -0.05) is 18.2 Å². The molecule has 0 spiro atoms. The van der Waals surface area contributed by atoms with Crippen LogP contribution in [0.15, 0.2) is 54.6 Å². The summed E-state index contributed by atoms with van der Waals surface area (Å²) < 4.78 is 16.4. The van der Waals surface area contributed by atoms with Crippen LogP contribution < -0.4 is 25.0 Å². The summed E-state index contributed by atoms with van der Waals surface area (Å²) in [6.45, 7) is 1.05. The van der Waals surface area contributed by atoms with Crippen molar-refractivity contribution < 1.29 is 28.9 Å². The molecule has 2 amide bonds. The second-order valence-electron chi connectivity index (χ2n) is 8.52. The normalized spacial score (nSPS) is 16.6. The Bertz CT molecular complexity index is 1300. The average molecular weight is 491 g/mol. The first kappa shape index (κ1) is 23.4. The van der Waals surface area contributed by atoms with Crippen molar-refractivity contribution in [1.82, 2.24) is 10.3 Å². The maximum absolute atomic E-state index is 12.6. The van der Waals surface area contributed by atoms with E-state index in [2.05, 4.69) is 15.6 Å². The summed E-state index contributed by atoms with van der Waals surface area (Å²) in [5.41, 5.74) is 3.21. The Morgan fingerprint density at radius 3 is 2.97 bits per heavy atom. The van der Waals surface area contributed by atoms with Crippen molar-refractivity contribution in [2.45, 2.75) is 19.1 Å². The van der Waals surface area contributed by atoms with Crippen molar-refractivity contribution in [3.63, 3.8) is 0 Å². The zero-order chi connectivity index (χ0) is 25.1. The topological polar surface area (TPSA) is 122 Å². The molecule has 2 aliphatic rings. The first-order valence-corrected chi connectivity index (χ1v) is 11.5. The minimum Gasteiger partial charge on any atom is -0.507 e. The quantitative estimate of drug-likeness (QED) is 0.462. The van der Waals surface area contributed by atoms with Crippen molar-refractivity contribution in [3.05, 3.63) is 60.2 Å². The number of methoxy groups -OCH3 is 1. The first-order chi connectivity index (χ1) is 17.5. The summed E-state index contributed by atoms with van der Waals surface area (Å²) in [6.07, 6.45) is -0.105. The third-order valence-electron chi connectivity index (χ3n) is 6.07. The van der Waals surface area contributed by atoms with E-state index in [9.17, 15) is 14.7 Å². The lowest BCUT2D eigenvalue weighted by Gasteiger charge is -2.22. The number of amides is 2. The van der Waals surface area contributed by atoms with E-state index in [1.54, 1.807) is 30.3 Å². The summed E-state index contributed by atoms with van der Waals surface area (Å²) >= 11 is 0. The molecule has 3 heterocycles. The second kappa shape index (κ2) is 10.1. The summed E-state index contributed by atoms with van der Waals surface area (Å²) in [6, 6.07) is 16.2. The number of carbonyl (C=O) groups is 2. The van der Waals surface area contributed by atoms with Gasteiger partial charge in [-0.15, -0.1) is 0 Å². The van der Waals surface area contributed by atoms with E-state index in [-0.39, 0.29) is 43.2 Å². The number of benzene rings is 2. The fourth-order valence-electron chi connectivity index (χ4n) is 4.21. The minimum atomic E-state index is -0.284. The van der Waals surface area contributed by atoms with E-state index >= 15 is 0 Å². The highest BCUT2D eigenvalue weighted by Crippen LogP contribution is 2.34. The minimum absolute atomic E-state index is 0.0102. The third kappa shape index (κ3) is 5.03. The second-order valence-corrected chi connectivity index (χ2v) is 8.52. The smallest absolute Gasteiger partial charge is 0.262 e. The predicted octanol–water partition coefficient (Wildman–Crippen LogP) is 2.66. The van der Waals surface area contributed by atoms with Crippen molar-refractivity contribution >= 4 is 23.2 Å². The van der Waals surface area contributed by atoms with Crippen LogP contribution in [-0.2, 0) is 20.9 Å². The zero-order valence-corrected chi connectivity index (χ0v) is 19.7. The standard InChI is InChI=1S/C26H26N4O6/c1-34-25-7-3-6-20(29-25)19-5-2-4-16(26(19)33)12-27-23(31)11-18-13-30(15-36-18)17-8-9-22-21(10-17)28-24(32)14-35-22/h2-10,18,33H,11-15H2,1H3,(H,27,31)(H,28,32)/t18-/m0/s1. The summed E-state index contributed by atoms with van der Waals surface area (Å²) in [5.74, 6) is 0.763. The van der Waals surface area contributed by atoms with E-state index < -0.39 is 0 Å². The molecule has 2 aliphatic heterocycles. The molecule has 1 fully saturated rings. The maximum Gasteiger partial charge on any atom is 0.262 e. The molecular weight excluding hydrogens is 464 g/mol. The van der Waals surface area contributed by atoms with Gasteiger partial charge in [-0.3, -0.25) is 9.59 Å². The molecule has 10 nitrogen and oxygen atoms in total. The molecule has 0 radical (unpaired) electrons. The van der Waals surface area contributed by atoms with Crippen molar-refractivity contribution in [3.8, 4) is 28.6 Å². The summed E-state index contributed by atoms with van der Waals surface area (Å²) in [4.78, 5) is 30.6. The van der Waals surface area contributed by atoms with Crippen LogP contribution in [0.1, 0.15) is 12.0 Å². The number of anilines is 2. The van der Waals surface area contributed by atoms with Gasteiger partial charge >= 0.3 is 0 Å². The van der Waals surface area contributed by atoms with E-state index in [1.807, 2.05) is 29.2 Å². The van der Waals surface area contributed by atoms with Crippen molar-refractivity contribution in [1.29, 1.82) is 0 Å². The van der Waals surface area contributed by atoms with Gasteiger partial charge in [0.2, 0.25) is 11.8 Å². The molecule has 0 aliphatic carbocycles. The molecule has 5 rings (SSSR count). The van der Waals surface area contributed by atoms with Crippen LogP contribution in [0, 0.1) is 0 Å². The first-order valence-electron chi connectivity index (χ1n) is 11.5. The molecule has 1 saturated heterocycles. The molecule has 0 unspecified atom stereocenters. The Kier molecular flexibility index (Phi) is 6.59. The largest absolute Gasteiger partial charge is 0.507 e. The van der Waals surface area contributed by atoms with Gasteiger partial charge in [0.1, 0.15) is 18.2 Å². The lowest BCUT2D eigenvalue weighted by Crippen LogP contribution is -2.29. The number of phenols is 1. The molecule has 1 aromatic heterocycles. The number of carbonyl (C=O) groups excluding carboxylic acids is 2. The van der Waals surface area contributed by atoms with Gasteiger partial charge < -0.3 is 34.9 Å². The SMILES string of the molecule is COc1cccc(-c2cccc(CNC(=O)C[C@H]3CN(c4ccc5c(c4)NC(=O)CO5)CO3)c2O)n1. The van der Waals surface area contributed by atoms with E-state index in [0.29, 0.717) is 47.4 Å². The fraction of sp³-hybridized carbons (Fsp3) is 0.269. The highest BCUT2D eigenvalue weighted by molar-refractivity contribution is 5.96. The Morgan fingerprint density at radius 1 is 1.25 bits per heavy atom. The molecule has 2 aromatic carbocycles. The lowest BCUT2D eigenvalue weighted by atomic mass is 10.1. The monoisotopic (exact) mass is 490 g/mol. The number of hydrogen-bond donors (Lipinski definition) is 3. The number of nitrogens with one attached hydrogen (secondary N) is 2. The number of nitrogens with zero attached hydrogens (tertiary/aromatic N) is 2. The van der Waals surface area contributed by atoms with Crippen LogP contribution in [0.5, 0.6) is 17.4 Å². The van der Waals surface area contributed by atoms with Crippen LogP contribution in [-0.4, -0.2) is 55.0 Å². The van der Waals surface area contributed by atoms with Gasteiger partial charge in [-0.25, -0.2) is 4.98 Å². The molecule has 36 heavy (non-hydrogen) atoms. The molecule has 0 bridgehead atoms. The van der Waals surface area contributed by atoms with Gasteiger partial charge in [0.15, 0.2) is 6.61 Å². The molecule has 186 valence electrons. The Morgan fingerprint density at radius 2 is 2.11 bits per heavy atom. The Labute approximate surface area is 207 Å². The molecule has 3 aromatic rings. The van der Waals surface area contributed by atoms with Crippen LogP contribution in [0.4, 0.5) is 11.4 Å². The van der Waals surface area contributed by atoms with Gasteiger partial charge in [-0.05, 0) is 30.3 Å². The number of aromatic hydroxyl groups is 1. The van der Waals surface area contributed by atoms with Crippen LogP contribution in [0.25, 0.3) is 11.3 Å². The Hall–Kier alpha value is -4.31. The zero-order valence-electron chi connectivity index (χ0n) is 19.7. The summed E-state index contributed by atoms with van der Waals surface area (Å²) in [5, 5.41) is 16.4. The molecule has 0 saturated carbocycles. The van der Waals surface area contributed by atoms with Crippen LogP contribution in [0.2, 0.25) is 0 Å². The number of pyridine rings is 1. The van der Waals surface area contributed by atoms with Crippen LogP contribution >= 0.6 is 0 Å². The number of fused-ring (bicyclic) bond motifs is 1. The van der Waals surface area contributed by atoms with Crippen LogP contribution in [0.3, 0.4) is 0 Å². The number of hydrogen-bond acceptors (Lipinski definition) is 8. The Balaban J connectivity index is 1.17. The van der Waals surface area contributed by atoms with Crippen molar-refractivity contribution in [2.75, 3.05) is 37.2 Å². The lowest BCUT2D eigenvalue weighted by molar-refractivity contribution is -0.123. The highest BCUT2D eigenvalue weighted by Gasteiger charge is 2.27. The number of para-hydroxylation sites is 1. The molecule has 10 heteroatoms. The van der Waals surface area contributed by atoms with Gasteiger partial charge in [-0.2, -0.15) is 0 Å².